The first-order valence-corrected chi connectivity index (χ1v) is 17.4. The van der Waals surface area contributed by atoms with E-state index in [-0.39, 0.29) is 19.0 Å². The van der Waals surface area contributed by atoms with Gasteiger partial charge in [0.05, 0.1) is 14.2 Å². The third-order valence-electron chi connectivity index (χ3n) is 8.67. The van der Waals surface area contributed by atoms with Gasteiger partial charge in [-0.3, -0.25) is 9.59 Å². The number of rotatable bonds is 11. The summed E-state index contributed by atoms with van der Waals surface area (Å²) in [5.74, 6) is 4.45. The quantitative estimate of drug-likeness (QED) is 0.124. The van der Waals surface area contributed by atoms with E-state index in [0.717, 1.165) is 39.5 Å². The van der Waals surface area contributed by atoms with Crippen LogP contribution >= 0.6 is 0 Å². The molecular formula is C49H44O6. The molecule has 0 saturated carbocycles. The van der Waals surface area contributed by atoms with E-state index < -0.39 is 0 Å². The van der Waals surface area contributed by atoms with Crippen LogP contribution in [0.1, 0.15) is 50.4 Å². The number of carbonyl (C=O) groups excluding carboxylic acids is 2. The highest BCUT2D eigenvalue weighted by molar-refractivity contribution is 6.09. The van der Waals surface area contributed by atoms with Gasteiger partial charge in [0.15, 0.2) is 11.6 Å². The van der Waals surface area contributed by atoms with Gasteiger partial charge in [0.1, 0.15) is 34.5 Å². The van der Waals surface area contributed by atoms with E-state index in [1.165, 1.54) is 0 Å². The number of methoxy groups -OCH3 is 2. The molecule has 55 heavy (non-hydrogen) atoms. The minimum absolute atomic E-state index is 0. The number of ketones is 2. The Morgan fingerprint density at radius 1 is 0.327 bits per heavy atom. The Bertz CT molecular complexity index is 2270. The summed E-state index contributed by atoms with van der Waals surface area (Å²) in [4.78, 5) is 25.0. The highest BCUT2D eigenvalue weighted by Crippen LogP contribution is 2.28. The van der Waals surface area contributed by atoms with Crippen LogP contribution in [0.5, 0.6) is 34.5 Å². The van der Waals surface area contributed by atoms with Gasteiger partial charge < -0.3 is 18.9 Å². The third-order valence-corrected chi connectivity index (χ3v) is 8.67. The Hall–Kier alpha value is -6.92. The summed E-state index contributed by atoms with van der Waals surface area (Å²) in [5.41, 5.74) is 7.13. The Labute approximate surface area is 323 Å². The summed E-state index contributed by atoms with van der Waals surface area (Å²) in [5, 5.41) is 0. The fourth-order valence-electron chi connectivity index (χ4n) is 5.51. The monoisotopic (exact) mass is 728 g/mol. The third kappa shape index (κ3) is 10.6. The maximum Gasteiger partial charge on any atom is 0.193 e. The van der Waals surface area contributed by atoms with E-state index in [0.29, 0.717) is 39.5 Å². The highest BCUT2D eigenvalue weighted by Gasteiger charge is 2.11. The lowest BCUT2D eigenvalue weighted by atomic mass is 10.0. The molecule has 7 rings (SSSR count). The molecular weight excluding hydrogens is 685 g/mol. The van der Waals surface area contributed by atoms with Crippen molar-refractivity contribution in [3.05, 3.63) is 203 Å². The molecule has 6 heteroatoms. The molecule has 276 valence electrons. The normalized spacial score (nSPS) is 10.2. The maximum absolute atomic E-state index is 12.6. The van der Waals surface area contributed by atoms with Gasteiger partial charge in [0.25, 0.3) is 0 Å². The van der Waals surface area contributed by atoms with E-state index >= 15 is 0 Å². The average Bonchev–Trinajstić information content (AvgIpc) is 3.22. The second-order valence-electron chi connectivity index (χ2n) is 12.6. The summed E-state index contributed by atoms with van der Waals surface area (Å²) >= 11 is 0. The van der Waals surface area contributed by atoms with E-state index in [2.05, 4.69) is 0 Å². The Balaban J connectivity index is 0.000000212. The van der Waals surface area contributed by atoms with Crippen LogP contribution in [0.25, 0.3) is 11.1 Å². The predicted octanol–water partition coefficient (Wildman–Crippen LogP) is 12.4. The van der Waals surface area contributed by atoms with Crippen molar-refractivity contribution in [3.63, 3.8) is 0 Å². The zero-order valence-electron chi connectivity index (χ0n) is 30.6. The fourth-order valence-corrected chi connectivity index (χ4v) is 5.51. The summed E-state index contributed by atoms with van der Waals surface area (Å²) < 4.78 is 22.0. The van der Waals surface area contributed by atoms with Crippen molar-refractivity contribution in [1.29, 1.82) is 0 Å². The minimum atomic E-state index is 0. The van der Waals surface area contributed by atoms with Crippen LogP contribution in [0.2, 0.25) is 0 Å². The Morgan fingerprint density at radius 2 is 0.545 bits per heavy atom. The topological polar surface area (TPSA) is 71.1 Å². The van der Waals surface area contributed by atoms with E-state index in [4.69, 9.17) is 18.9 Å². The van der Waals surface area contributed by atoms with E-state index in [1.54, 1.807) is 50.6 Å². The first-order chi connectivity index (χ1) is 26.3. The Kier molecular flexibility index (Phi) is 13.4. The highest BCUT2D eigenvalue weighted by atomic mass is 16.5. The first-order valence-electron chi connectivity index (χ1n) is 17.4. The van der Waals surface area contributed by atoms with Crippen molar-refractivity contribution in [3.8, 4) is 45.6 Å². The summed E-state index contributed by atoms with van der Waals surface area (Å²) in [6, 6.07) is 52.7. The minimum Gasteiger partial charge on any atom is -0.497 e. The second-order valence-corrected chi connectivity index (χ2v) is 12.6. The number of hydrogen-bond donors (Lipinski definition) is 0. The van der Waals surface area contributed by atoms with Crippen molar-refractivity contribution in [2.75, 3.05) is 14.2 Å². The van der Waals surface area contributed by atoms with Crippen molar-refractivity contribution < 1.29 is 28.5 Å². The number of benzene rings is 7. The second kappa shape index (κ2) is 18.7. The summed E-state index contributed by atoms with van der Waals surface area (Å²) in [7, 11) is 3.28. The molecule has 0 aliphatic rings. The van der Waals surface area contributed by atoms with Crippen LogP contribution in [0, 0.1) is 13.8 Å². The van der Waals surface area contributed by atoms with Gasteiger partial charge >= 0.3 is 0 Å². The van der Waals surface area contributed by atoms with Crippen molar-refractivity contribution >= 4 is 11.6 Å². The molecule has 0 aliphatic carbocycles. The van der Waals surface area contributed by atoms with Crippen LogP contribution in [-0.4, -0.2) is 25.8 Å². The first kappa shape index (κ1) is 39.3. The van der Waals surface area contributed by atoms with Gasteiger partial charge in [0.2, 0.25) is 0 Å². The molecule has 0 amide bonds. The molecule has 0 bridgehead atoms. The van der Waals surface area contributed by atoms with Crippen LogP contribution in [-0.2, 0) is 0 Å². The molecule has 7 aromatic rings. The van der Waals surface area contributed by atoms with E-state index in [1.807, 2.05) is 147 Å². The van der Waals surface area contributed by atoms with Gasteiger partial charge in [0, 0.05) is 22.3 Å². The van der Waals surface area contributed by atoms with Crippen molar-refractivity contribution in [1.82, 2.24) is 0 Å². The van der Waals surface area contributed by atoms with Crippen molar-refractivity contribution in [2.24, 2.45) is 0 Å². The van der Waals surface area contributed by atoms with Crippen LogP contribution in [0.3, 0.4) is 0 Å². The van der Waals surface area contributed by atoms with Gasteiger partial charge in [-0.15, -0.1) is 0 Å². The lowest BCUT2D eigenvalue weighted by molar-refractivity contribution is 0.103. The van der Waals surface area contributed by atoms with Gasteiger partial charge in [-0.25, -0.2) is 0 Å². The van der Waals surface area contributed by atoms with Crippen LogP contribution < -0.4 is 18.9 Å². The van der Waals surface area contributed by atoms with Gasteiger partial charge in [-0.1, -0.05) is 91.3 Å². The molecule has 0 unspecified atom stereocenters. The lowest BCUT2D eigenvalue weighted by Crippen LogP contribution is -2.00. The maximum atomic E-state index is 12.6. The van der Waals surface area contributed by atoms with Crippen LogP contribution in [0.4, 0.5) is 0 Å². The van der Waals surface area contributed by atoms with Crippen molar-refractivity contribution in [2.45, 2.75) is 21.3 Å². The number of aryl methyl sites for hydroxylation is 2. The predicted molar refractivity (Wildman–Crippen MR) is 220 cm³/mol. The zero-order chi connectivity index (χ0) is 37.9. The SMILES string of the molecule is C.COc1ccc(-c2ccc(Oc3ccc(C(=O)c4ccc(C)cc4)cc3)cc2)cc1.COc1ccc(Oc2ccc(C(=O)c3ccc(C)cc3)cc2)cc1. The average molecular weight is 729 g/mol. The van der Waals surface area contributed by atoms with Gasteiger partial charge in [-0.2, -0.15) is 0 Å². The zero-order valence-corrected chi connectivity index (χ0v) is 30.6. The molecule has 0 aromatic heterocycles. The lowest BCUT2D eigenvalue weighted by Gasteiger charge is -2.08. The molecule has 6 nitrogen and oxygen atoms in total. The smallest absolute Gasteiger partial charge is 0.193 e. The Morgan fingerprint density at radius 3 is 0.836 bits per heavy atom. The molecule has 0 aliphatic heterocycles. The molecule has 0 saturated heterocycles. The summed E-state index contributed by atoms with van der Waals surface area (Å²) in [6.45, 7) is 4.00. The molecule has 0 heterocycles. The van der Waals surface area contributed by atoms with E-state index in [9.17, 15) is 9.59 Å². The molecule has 7 aromatic carbocycles. The number of carbonyl (C=O) groups is 2. The van der Waals surface area contributed by atoms with Crippen LogP contribution in [0.15, 0.2) is 170 Å². The number of hydrogen-bond acceptors (Lipinski definition) is 6. The molecule has 0 N–H and O–H groups in total. The fraction of sp³-hybridized carbons (Fsp3) is 0.102. The molecule has 0 spiro atoms. The standard InChI is InChI=1S/C27H22O3.C21H18O3.CH4/c1-19-3-5-22(6-4-19)27(28)23-11-17-26(18-12-23)30-25-15-9-21(10-16-25)20-7-13-24(29-2)14-8-20;1-15-3-5-16(6-4-15)21(22)17-7-9-19(10-8-17)24-20-13-11-18(23-2)12-14-20;/h3-18H,1-2H3;3-14H,1-2H3;1H4. The number of ether oxygens (including phenoxy) is 4. The molecule has 0 radical (unpaired) electrons. The largest absolute Gasteiger partial charge is 0.497 e. The van der Waals surface area contributed by atoms with Gasteiger partial charge in [-0.05, 0) is 122 Å². The molecule has 0 atom stereocenters. The summed E-state index contributed by atoms with van der Waals surface area (Å²) in [6.07, 6.45) is 0. The molecule has 0 fully saturated rings.